The van der Waals surface area contributed by atoms with E-state index in [1.165, 1.54) is 40.9 Å². The number of aromatic hydroxyl groups is 2. The third-order valence-corrected chi connectivity index (χ3v) is 2.48. The average Bonchev–Trinajstić information content (AvgIpc) is 2.49. The summed E-state index contributed by atoms with van der Waals surface area (Å²) < 4.78 is 6.92. The van der Waals surface area contributed by atoms with Gasteiger partial charge >= 0.3 is 20.8 Å². The first-order valence-electron chi connectivity index (χ1n) is 6.08. The molecule has 7 N–H and O–H groups in total. The molecule has 0 atom stereocenters. The van der Waals surface area contributed by atoms with Gasteiger partial charge in [0, 0.05) is 34.6 Å². The van der Waals surface area contributed by atoms with Crippen molar-refractivity contribution in [3.05, 3.63) is 47.5 Å². The number of carboxylic acids is 2. The van der Waals surface area contributed by atoms with E-state index in [0.29, 0.717) is 11.4 Å². The van der Waals surface area contributed by atoms with E-state index in [1.54, 1.807) is 0 Å². The molecule has 2 aromatic rings. The first kappa shape index (κ1) is 21.1. The number of anilines is 2. The van der Waals surface area contributed by atoms with Gasteiger partial charge in [-0.3, -0.25) is 0 Å². The van der Waals surface area contributed by atoms with Crippen LogP contribution in [0.1, 0.15) is 20.7 Å². The van der Waals surface area contributed by atoms with Gasteiger partial charge in [0.05, 0.1) is 11.9 Å². The molecule has 9 nitrogen and oxygen atoms in total. The van der Waals surface area contributed by atoms with Gasteiger partial charge in [0.1, 0.15) is 11.5 Å². The van der Waals surface area contributed by atoms with Crippen LogP contribution >= 0.6 is 0 Å². The van der Waals surface area contributed by atoms with Gasteiger partial charge < -0.3 is 41.5 Å². The number of carboxylic acid groups (broad SMARTS) is 2. The molecule has 0 fully saturated rings. The van der Waals surface area contributed by atoms with Crippen molar-refractivity contribution in [3.63, 3.8) is 0 Å². The number of hydrogen-bond donors (Lipinski definition) is 5. The van der Waals surface area contributed by atoms with E-state index in [2.05, 4.69) is 0 Å². The molecule has 0 aromatic heterocycles. The average molecular weight is 348 g/mol. The molecule has 2 rings (SSSR count). The van der Waals surface area contributed by atoms with Gasteiger partial charge in [0.15, 0.2) is 0 Å². The van der Waals surface area contributed by atoms with Crippen molar-refractivity contribution >= 4 is 39.9 Å². The van der Waals surface area contributed by atoms with Crippen LogP contribution in [0.3, 0.4) is 0 Å². The second kappa shape index (κ2) is 9.96. The van der Waals surface area contributed by atoms with Crippen LogP contribution in [-0.4, -0.2) is 42.9 Å². The number of nitrogens with two attached hydrogens (primary N) is 2. The Labute approximate surface area is 145 Å². The van der Waals surface area contributed by atoms with Gasteiger partial charge in [-0.25, -0.2) is 0 Å². The molecule has 0 bridgehead atoms. The third kappa shape index (κ3) is 6.45. The second-order valence-electron chi connectivity index (χ2n) is 4.13. The number of benzene rings is 2. The normalized spacial score (nSPS) is 8.96. The number of phenols is 2. The maximum atomic E-state index is 10.2. The third-order valence-electron chi connectivity index (χ3n) is 2.48. The molecule has 0 saturated carbocycles. The minimum atomic E-state index is -1.41. The Kier molecular flexibility index (Phi) is 8.75. The van der Waals surface area contributed by atoms with Gasteiger partial charge in [0.2, 0.25) is 0 Å². The Balaban J connectivity index is 0.000000400. The van der Waals surface area contributed by atoms with Gasteiger partial charge in [-0.2, -0.15) is 0 Å². The van der Waals surface area contributed by atoms with Crippen molar-refractivity contribution < 1.29 is 34.2 Å². The summed E-state index contributed by atoms with van der Waals surface area (Å²) in [4.78, 5) is 20.4. The summed E-state index contributed by atoms with van der Waals surface area (Å²) in [5.41, 5.74) is 10.6. The fourth-order valence-corrected chi connectivity index (χ4v) is 1.44. The maximum absolute atomic E-state index is 10.2. The first-order chi connectivity index (χ1) is 11.2. The summed E-state index contributed by atoms with van der Waals surface area (Å²) in [7, 11) is 0. The van der Waals surface area contributed by atoms with E-state index in [-0.39, 0.29) is 22.6 Å². The summed E-state index contributed by atoms with van der Waals surface area (Å²) in [6.45, 7) is 0. The molecule has 0 aliphatic carbocycles. The number of nitrogen functional groups attached to an aromatic ring is 2. The number of carbonyl (C=O) groups is 2. The van der Waals surface area contributed by atoms with Crippen LogP contribution in [0.5, 0.6) is 11.5 Å². The van der Waals surface area contributed by atoms with Gasteiger partial charge in [-0.15, -0.1) is 0 Å². The van der Waals surface area contributed by atoms with E-state index >= 15 is 0 Å². The molecule has 24 heavy (non-hydrogen) atoms. The molecule has 0 amide bonds. The van der Waals surface area contributed by atoms with Crippen LogP contribution in [0.4, 0.5) is 11.4 Å². The van der Waals surface area contributed by atoms with Crippen molar-refractivity contribution in [2.75, 3.05) is 11.5 Å². The predicted octanol–water partition coefficient (Wildman–Crippen LogP) is -2.26. The molecule has 2 aromatic carbocycles. The van der Waals surface area contributed by atoms with Crippen LogP contribution < -0.4 is 21.7 Å². The van der Waals surface area contributed by atoms with E-state index < -0.39 is 11.9 Å². The van der Waals surface area contributed by atoms with Crippen LogP contribution in [0.25, 0.3) is 0 Å². The number of aromatic carboxylic acids is 2. The van der Waals surface area contributed by atoms with E-state index in [9.17, 15) is 19.8 Å². The molecular formula is C14H13AlN2O7. The zero-order valence-electron chi connectivity index (χ0n) is 12.2. The monoisotopic (exact) mass is 348 g/mol. The van der Waals surface area contributed by atoms with Crippen molar-refractivity contribution in [2.24, 2.45) is 0 Å². The van der Waals surface area contributed by atoms with E-state index in [1.807, 2.05) is 0 Å². The van der Waals surface area contributed by atoms with E-state index in [4.69, 9.17) is 25.8 Å². The van der Waals surface area contributed by atoms with Crippen molar-refractivity contribution in [3.8, 4) is 11.5 Å². The summed E-state index contributed by atoms with van der Waals surface area (Å²) in [6.07, 6.45) is 0. The van der Waals surface area contributed by atoms with Crippen LogP contribution in [0.15, 0.2) is 36.4 Å². The Hall–Kier alpha value is -2.93. The number of hydrogen-bond acceptors (Lipinski definition) is 9. The summed E-state index contributed by atoms with van der Waals surface area (Å²) in [5.74, 6) is -3.57. The zero-order chi connectivity index (χ0) is 18.9. The van der Waals surface area contributed by atoms with Crippen LogP contribution in [-0.2, 0) is 0 Å². The Morgan fingerprint density at radius 3 is 1.29 bits per heavy atom. The molecular weight excluding hydrogens is 335 g/mol. The van der Waals surface area contributed by atoms with Crippen molar-refractivity contribution in [1.29, 1.82) is 0 Å². The van der Waals surface area contributed by atoms with Crippen molar-refractivity contribution in [2.45, 2.75) is 0 Å². The van der Waals surface area contributed by atoms with Gasteiger partial charge in [-0.1, -0.05) is 0 Å². The first-order valence-corrected chi connectivity index (χ1v) is 6.59. The van der Waals surface area contributed by atoms with E-state index in [0.717, 1.165) is 12.1 Å². The topological polar surface area (TPSA) is 193 Å². The SMILES string of the molecule is Nc1ccc(C(=O)[O-])c(O)c1.Nc1ccc(C(=O)[O-])c(O)c1.[OH][Al+2]. The van der Waals surface area contributed by atoms with Crippen LogP contribution in [0, 0.1) is 0 Å². The fraction of sp³-hybridized carbons (Fsp3) is 0. The van der Waals surface area contributed by atoms with Crippen molar-refractivity contribution in [1.82, 2.24) is 0 Å². The summed E-state index contributed by atoms with van der Waals surface area (Å²) in [5, 5.41) is 38.4. The molecule has 0 aliphatic heterocycles. The molecule has 124 valence electrons. The standard InChI is InChI=1S/2C7H7NO3.Al.H2O/c2*8-4-1-2-5(7(10)11)6(9)3-4;;/h2*1-3,9H,8H2,(H,10,11);;1H2/q;;+3;/p-3. The second-order valence-corrected chi connectivity index (χ2v) is 4.13. The molecule has 0 saturated heterocycles. The van der Waals surface area contributed by atoms with Gasteiger partial charge in [-0.05, 0) is 24.3 Å². The predicted molar refractivity (Wildman–Crippen MR) is 81.7 cm³/mol. The number of rotatable bonds is 2. The quantitative estimate of drug-likeness (QED) is 0.294. The molecule has 10 heteroatoms. The molecule has 0 heterocycles. The number of carbonyl (C=O) groups excluding carboxylic acids is 2. The molecule has 0 unspecified atom stereocenters. The summed E-state index contributed by atoms with van der Waals surface area (Å²) >= 11 is 1.42. The molecule has 0 radical (unpaired) electrons. The minimum absolute atomic E-state index is 0.251. The summed E-state index contributed by atoms with van der Waals surface area (Å²) in [6, 6.07) is 7.46. The molecule has 0 aliphatic rings. The molecule has 0 spiro atoms. The van der Waals surface area contributed by atoms with Gasteiger partial charge in [0.25, 0.3) is 0 Å². The Morgan fingerprint density at radius 2 is 1.08 bits per heavy atom. The van der Waals surface area contributed by atoms with Crippen LogP contribution in [0.2, 0.25) is 0 Å². The Bertz CT molecular complexity index is 661. The zero-order valence-corrected chi connectivity index (χ0v) is 13.3. The fourth-order valence-electron chi connectivity index (χ4n) is 1.44. The Morgan fingerprint density at radius 1 is 0.792 bits per heavy atom.